The molecule has 0 aliphatic carbocycles. The molecule has 1 fully saturated rings. The lowest BCUT2D eigenvalue weighted by atomic mass is 10.2. The number of hydrogen-bond acceptors (Lipinski definition) is 6. The molecule has 172 valence electrons. The molecule has 34 heavy (non-hydrogen) atoms. The zero-order valence-corrected chi connectivity index (χ0v) is 19.9. The molecule has 1 saturated heterocycles. The van der Waals surface area contributed by atoms with Crippen molar-refractivity contribution in [3.63, 3.8) is 0 Å². The average molecular weight is 514 g/mol. The Bertz CT molecular complexity index is 1260. The minimum Gasteiger partial charge on any atom is -0.490 e. The van der Waals surface area contributed by atoms with Gasteiger partial charge in [0.2, 0.25) is 0 Å². The van der Waals surface area contributed by atoms with E-state index in [1.54, 1.807) is 78.9 Å². The maximum Gasteiger partial charge on any atom is 0.343 e. The van der Waals surface area contributed by atoms with Gasteiger partial charge in [0.25, 0.3) is 11.1 Å². The molecule has 0 atom stereocenters. The van der Waals surface area contributed by atoms with E-state index in [4.69, 9.17) is 32.7 Å². The van der Waals surface area contributed by atoms with Crippen LogP contribution in [0.25, 0.3) is 6.08 Å². The second kappa shape index (κ2) is 10.8. The Morgan fingerprint density at radius 2 is 1.65 bits per heavy atom. The van der Waals surface area contributed by atoms with Gasteiger partial charge in [-0.1, -0.05) is 47.5 Å². The number of thioether (sulfide) groups is 1. The maximum absolute atomic E-state index is 12.7. The van der Waals surface area contributed by atoms with Gasteiger partial charge in [0.1, 0.15) is 18.1 Å². The molecule has 0 aromatic heterocycles. The maximum atomic E-state index is 12.7. The Kier molecular flexibility index (Phi) is 7.57. The third kappa shape index (κ3) is 5.80. The summed E-state index contributed by atoms with van der Waals surface area (Å²) in [6.07, 6.45) is 1.62. The summed E-state index contributed by atoms with van der Waals surface area (Å²) in [6.45, 7) is 0.232. The van der Waals surface area contributed by atoms with Crippen molar-refractivity contribution in [2.75, 3.05) is 13.2 Å². The van der Waals surface area contributed by atoms with Crippen LogP contribution >= 0.6 is 35.0 Å². The molecule has 1 aliphatic rings. The summed E-state index contributed by atoms with van der Waals surface area (Å²) in [5.41, 5.74) is 1.06. The van der Waals surface area contributed by atoms with Gasteiger partial charge in [-0.2, -0.15) is 0 Å². The fourth-order valence-electron chi connectivity index (χ4n) is 3.04. The zero-order chi connectivity index (χ0) is 24.1. The number of ether oxygens (including phenoxy) is 2. The van der Waals surface area contributed by atoms with Gasteiger partial charge in [-0.05, 0) is 71.9 Å². The molecular weight excluding hydrogens is 497 g/mol. The monoisotopic (exact) mass is 513 g/mol. The summed E-state index contributed by atoms with van der Waals surface area (Å²) in [6, 6.07) is 20.0. The zero-order valence-electron chi connectivity index (χ0n) is 17.6. The molecule has 3 aromatic carbocycles. The van der Waals surface area contributed by atoms with Crippen LogP contribution in [0.15, 0.2) is 77.7 Å². The highest BCUT2D eigenvalue weighted by Gasteiger charge is 2.34. The van der Waals surface area contributed by atoms with Crippen molar-refractivity contribution in [3.8, 4) is 11.5 Å². The fourth-order valence-corrected chi connectivity index (χ4v) is 4.22. The van der Waals surface area contributed by atoms with Crippen molar-refractivity contribution < 1.29 is 23.9 Å². The smallest absolute Gasteiger partial charge is 0.343 e. The van der Waals surface area contributed by atoms with Crippen LogP contribution < -0.4 is 9.47 Å². The quantitative estimate of drug-likeness (QED) is 0.209. The van der Waals surface area contributed by atoms with Crippen molar-refractivity contribution in [1.29, 1.82) is 0 Å². The summed E-state index contributed by atoms with van der Waals surface area (Å²) < 4.78 is 10.9. The number of halogens is 2. The summed E-state index contributed by atoms with van der Waals surface area (Å²) in [4.78, 5) is 38.6. The van der Waals surface area contributed by atoms with Gasteiger partial charge in [-0.3, -0.25) is 14.5 Å². The van der Waals surface area contributed by atoms with E-state index < -0.39 is 11.9 Å². The van der Waals surface area contributed by atoms with E-state index in [0.717, 1.165) is 16.7 Å². The fraction of sp³-hybridized carbons (Fsp3) is 0.0800. The predicted molar refractivity (Wildman–Crippen MR) is 132 cm³/mol. The van der Waals surface area contributed by atoms with E-state index in [9.17, 15) is 14.4 Å². The van der Waals surface area contributed by atoms with Gasteiger partial charge < -0.3 is 9.47 Å². The molecule has 3 aromatic rings. The highest BCUT2D eigenvalue weighted by Crippen LogP contribution is 2.32. The number of nitrogens with zero attached hydrogens (tertiary/aromatic N) is 1. The molecule has 0 radical (unpaired) electrons. The largest absolute Gasteiger partial charge is 0.490 e. The van der Waals surface area contributed by atoms with Crippen LogP contribution in [0, 0.1) is 0 Å². The number of para-hydroxylation sites is 1. The van der Waals surface area contributed by atoms with E-state index in [1.807, 2.05) is 0 Å². The molecule has 0 bridgehead atoms. The summed E-state index contributed by atoms with van der Waals surface area (Å²) in [5, 5.41) is 0.616. The number of esters is 1. The number of hydrogen-bond donors (Lipinski definition) is 0. The Balaban J connectivity index is 1.35. The first kappa shape index (κ1) is 23.9. The van der Waals surface area contributed by atoms with Crippen LogP contribution in [0.2, 0.25) is 10.0 Å². The molecule has 6 nitrogen and oxygen atoms in total. The molecule has 4 rings (SSSR count). The predicted octanol–water partition coefficient (Wildman–Crippen LogP) is 6.33. The molecule has 2 amide bonds. The van der Waals surface area contributed by atoms with Crippen molar-refractivity contribution in [3.05, 3.63) is 98.9 Å². The van der Waals surface area contributed by atoms with Crippen LogP contribution in [0.3, 0.4) is 0 Å². The van der Waals surface area contributed by atoms with Crippen molar-refractivity contribution >= 4 is 58.2 Å². The van der Waals surface area contributed by atoms with Gasteiger partial charge in [-0.15, -0.1) is 0 Å². The lowest BCUT2D eigenvalue weighted by molar-refractivity contribution is -0.123. The second-order valence-electron chi connectivity index (χ2n) is 7.08. The van der Waals surface area contributed by atoms with E-state index in [1.165, 1.54) is 0 Å². The lowest BCUT2D eigenvalue weighted by Gasteiger charge is -2.13. The molecule has 1 heterocycles. The highest BCUT2D eigenvalue weighted by atomic mass is 35.5. The van der Waals surface area contributed by atoms with E-state index >= 15 is 0 Å². The molecule has 1 aliphatic heterocycles. The first-order valence-corrected chi connectivity index (χ1v) is 11.7. The van der Waals surface area contributed by atoms with Crippen molar-refractivity contribution in [2.45, 2.75) is 0 Å². The number of imide groups is 1. The van der Waals surface area contributed by atoms with Crippen molar-refractivity contribution in [1.82, 2.24) is 4.90 Å². The van der Waals surface area contributed by atoms with E-state index in [0.29, 0.717) is 37.6 Å². The third-order valence-electron chi connectivity index (χ3n) is 4.75. The number of amides is 2. The van der Waals surface area contributed by atoms with Crippen LogP contribution in [0.4, 0.5) is 4.79 Å². The molecule has 0 unspecified atom stereocenters. The van der Waals surface area contributed by atoms with Crippen LogP contribution in [-0.2, 0) is 4.79 Å². The Morgan fingerprint density at radius 3 is 2.35 bits per heavy atom. The van der Waals surface area contributed by atoms with Crippen LogP contribution in [-0.4, -0.2) is 35.2 Å². The molecular formula is C25H17Cl2NO5S. The Labute approximate surface area is 210 Å². The molecule has 0 spiro atoms. The lowest BCUT2D eigenvalue weighted by Crippen LogP contribution is -2.32. The van der Waals surface area contributed by atoms with Crippen molar-refractivity contribution in [2.24, 2.45) is 0 Å². The standard InChI is InChI=1S/C25H17Cl2NO5S/c26-18-9-7-17(8-10-18)24(30)33-19-11-5-16(6-12-19)15-22-23(29)28(25(31)34-22)13-14-32-21-4-2-1-3-20(21)27/h1-12,15H,13-14H2/b22-15-. The normalized spacial score (nSPS) is 14.5. The summed E-state index contributed by atoms with van der Waals surface area (Å²) >= 11 is 12.7. The van der Waals surface area contributed by atoms with E-state index in [-0.39, 0.29) is 18.4 Å². The number of rotatable bonds is 7. The number of carbonyl (C=O) groups is 3. The van der Waals surface area contributed by atoms with E-state index in [2.05, 4.69) is 0 Å². The highest BCUT2D eigenvalue weighted by molar-refractivity contribution is 8.18. The van der Waals surface area contributed by atoms with Gasteiger partial charge >= 0.3 is 5.97 Å². The Morgan fingerprint density at radius 1 is 0.941 bits per heavy atom. The second-order valence-corrected chi connectivity index (χ2v) is 8.91. The topological polar surface area (TPSA) is 72.9 Å². The van der Waals surface area contributed by atoms with Gasteiger partial charge in [-0.25, -0.2) is 4.79 Å². The van der Waals surface area contributed by atoms with Crippen LogP contribution in [0.1, 0.15) is 15.9 Å². The summed E-state index contributed by atoms with van der Waals surface area (Å²) in [7, 11) is 0. The molecule has 0 saturated carbocycles. The SMILES string of the molecule is O=C(Oc1ccc(/C=C2\SC(=O)N(CCOc3ccccc3Cl)C2=O)cc1)c1ccc(Cl)cc1. The first-order valence-electron chi connectivity index (χ1n) is 10.1. The van der Waals surface area contributed by atoms with Gasteiger partial charge in [0.15, 0.2) is 0 Å². The minimum atomic E-state index is -0.510. The van der Waals surface area contributed by atoms with Gasteiger partial charge in [0.05, 0.1) is 22.0 Å². The Hall–Kier alpha value is -3.26. The number of carbonyl (C=O) groups excluding carboxylic acids is 3. The van der Waals surface area contributed by atoms with Crippen LogP contribution in [0.5, 0.6) is 11.5 Å². The third-order valence-corrected chi connectivity index (χ3v) is 6.22. The van der Waals surface area contributed by atoms with Gasteiger partial charge in [0, 0.05) is 5.02 Å². The average Bonchev–Trinajstić information content (AvgIpc) is 3.09. The first-order chi connectivity index (χ1) is 16.4. The molecule has 9 heteroatoms. The number of benzene rings is 3. The molecule has 0 N–H and O–H groups in total. The summed E-state index contributed by atoms with van der Waals surface area (Å²) in [5.74, 6) is -0.0639. The minimum absolute atomic E-state index is 0.104.